The first-order chi connectivity index (χ1) is 7.29. The third kappa shape index (κ3) is 2.65. The molecule has 0 aromatic heterocycles. The van der Waals surface area contributed by atoms with Crippen LogP contribution >= 0.6 is 11.8 Å². The van der Waals surface area contributed by atoms with Gasteiger partial charge in [0.2, 0.25) is 5.91 Å². The Kier molecular flexibility index (Phi) is 3.51. The van der Waals surface area contributed by atoms with Crippen LogP contribution < -0.4 is 10.6 Å². The summed E-state index contributed by atoms with van der Waals surface area (Å²) in [5.41, 5.74) is 0. The van der Waals surface area contributed by atoms with E-state index >= 15 is 0 Å². The molecule has 0 aromatic rings. The van der Waals surface area contributed by atoms with E-state index in [0.29, 0.717) is 5.25 Å². The zero-order valence-electron chi connectivity index (χ0n) is 8.95. The van der Waals surface area contributed by atoms with E-state index in [1.807, 2.05) is 0 Å². The molecule has 5 heteroatoms. The third-order valence-electron chi connectivity index (χ3n) is 2.76. The molecular formula is C10H17N3OS. The SMILES string of the molecule is CCC1CN=C(NC2CCCNC2=O)S1. The average Bonchev–Trinajstić information content (AvgIpc) is 2.69. The second-order valence-corrected chi connectivity index (χ2v) is 5.21. The maximum atomic E-state index is 11.5. The molecule has 2 aliphatic rings. The van der Waals surface area contributed by atoms with Crippen LogP contribution in [0.2, 0.25) is 0 Å². The number of hydrogen-bond donors (Lipinski definition) is 2. The highest BCUT2D eigenvalue weighted by Gasteiger charge is 2.25. The number of thioether (sulfide) groups is 1. The van der Waals surface area contributed by atoms with Crippen molar-refractivity contribution in [2.45, 2.75) is 37.5 Å². The summed E-state index contributed by atoms with van der Waals surface area (Å²) < 4.78 is 0. The fraction of sp³-hybridized carbons (Fsp3) is 0.800. The second kappa shape index (κ2) is 4.88. The minimum Gasteiger partial charge on any atom is -0.354 e. The quantitative estimate of drug-likeness (QED) is 0.731. The Morgan fingerprint density at radius 3 is 3.20 bits per heavy atom. The molecule has 0 aromatic carbocycles. The molecule has 2 atom stereocenters. The molecule has 0 saturated carbocycles. The number of nitrogens with zero attached hydrogens (tertiary/aromatic N) is 1. The molecule has 15 heavy (non-hydrogen) atoms. The molecule has 1 fully saturated rings. The van der Waals surface area contributed by atoms with Gasteiger partial charge in [-0.3, -0.25) is 9.79 Å². The maximum absolute atomic E-state index is 11.5. The Hall–Kier alpha value is -0.710. The Bertz CT molecular complexity index is 280. The second-order valence-electron chi connectivity index (χ2n) is 3.92. The Labute approximate surface area is 94.3 Å². The highest BCUT2D eigenvalue weighted by atomic mass is 32.2. The predicted octanol–water partition coefficient (Wildman–Crippen LogP) is 0.736. The zero-order valence-corrected chi connectivity index (χ0v) is 9.77. The summed E-state index contributed by atoms with van der Waals surface area (Å²) in [4.78, 5) is 15.9. The highest BCUT2D eigenvalue weighted by Crippen LogP contribution is 2.22. The lowest BCUT2D eigenvalue weighted by Gasteiger charge is -2.23. The average molecular weight is 227 g/mol. The molecule has 0 bridgehead atoms. The minimum absolute atomic E-state index is 0.0689. The van der Waals surface area contributed by atoms with Gasteiger partial charge in [-0.25, -0.2) is 0 Å². The van der Waals surface area contributed by atoms with Gasteiger partial charge in [-0.2, -0.15) is 0 Å². The van der Waals surface area contributed by atoms with Gasteiger partial charge in [0.25, 0.3) is 0 Å². The molecule has 2 rings (SSSR count). The van der Waals surface area contributed by atoms with Crippen LogP contribution in [0.5, 0.6) is 0 Å². The molecule has 84 valence electrons. The maximum Gasteiger partial charge on any atom is 0.242 e. The van der Waals surface area contributed by atoms with Crippen molar-refractivity contribution in [2.75, 3.05) is 13.1 Å². The predicted molar refractivity (Wildman–Crippen MR) is 63.1 cm³/mol. The summed E-state index contributed by atoms with van der Waals surface area (Å²) in [6, 6.07) is -0.0689. The van der Waals surface area contributed by atoms with Crippen molar-refractivity contribution >= 4 is 22.8 Å². The molecule has 2 unspecified atom stereocenters. The first kappa shape index (κ1) is 10.8. The summed E-state index contributed by atoms with van der Waals surface area (Å²) in [7, 11) is 0. The van der Waals surface area contributed by atoms with Gasteiger partial charge in [-0.05, 0) is 19.3 Å². The van der Waals surface area contributed by atoms with Gasteiger partial charge in [0.15, 0.2) is 5.17 Å². The van der Waals surface area contributed by atoms with Crippen LogP contribution in [0.25, 0.3) is 0 Å². The molecule has 2 N–H and O–H groups in total. The lowest BCUT2D eigenvalue weighted by atomic mass is 10.1. The normalized spacial score (nSPS) is 31.0. The molecule has 0 spiro atoms. The number of hydrogen-bond acceptors (Lipinski definition) is 4. The van der Waals surface area contributed by atoms with Crippen LogP contribution in [0, 0.1) is 0 Å². The largest absolute Gasteiger partial charge is 0.354 e. The summed E-state index contributed by atoms with van der Waals surface area (Å²) in [6.07, 6.45) is 3.11. The van der Waals surface area contributed by atoms with E-state index in [1.165, 1.54) is 0 Å². The smallest absolute Gasteiger partial charge is 0.242 e. The van der Waals surface area contributed by atoms with Gasteiger partial charge in [0, 0.05) is 11.8 Å². The van der Waals surface area contributed by atoms with Gasteiger partial charge in [-0.15, -0.1) is 0 Å². The number of aliphatic imine (C=N–C) groups is 1. The highest BCUT2D eigenvalue weighted by molar-refractivity contribution is 8.14. The van der Waals surface area contributed by atoms with Gasteiger partial charge < -0.3 is 10.6 Å². The minimum atomic E-state index is -0.0689. The topological polar surface area (TPSA) is 53.5 Å². The fourth-order valence-corrected chi connectivity index (χ4v) is 2.76. The zero-order chi connectivity index (χ0) is 10.7. The number of amides is 1. The monoisotopic (exact) mass is 227 g/mol. The van der Waals surface area contributed by atoms with Crippen LogP contribution in [-0.4, -0.2) is 35.5 Å². The van der Waals surface area contributed by atoms with E-state index in [-0.39, 0.29) is 11.9 Å². The summed E-state index contributed by atoms with van der Waals surface area (Å²) in [5, 5.41) is 7.64. The van der Waals surface area contributed by atoms with E-state index in [9.17, 15) is 4.79 Å². The number of piperidine rings is 1. The van der Waals surface area contributed by atoms with Gasteiger partial charge in [-0.1, -0.05) is 18.7 Å². The Balaban J connectivity index is 1.84. The third-order valence-corrected chi connectivity index (χ3v) is 4.04. The molecule has 0 radical (unpaired) electrons. The van der Waals surface area contributed by atoms with Crippen molar-refractivity contribution < 1.29 is 4.79 Å². The van der Waals surface area contributed by atoms with Crippen LogP contribution in [0.1, 0.15) is 26.2 Å². The molecule has 2 aliphatic heterocycles. The van der Waals surface area contributed by atoms with Crippen molar-refractivity contribution in [1.29, 1.82) is 0 Å². The van der Waals surface area contributed by atoms with Gasteiger partial charge in [0.05, 0.1) is 6.54 Å². The van der Waals surface area contributed by atoms with Crippen molar-refractivity contribution in [2.24, 2.45) is 4.99 Å². The van der Waals surface area contributed by atoms with Crippen molar-refractivity contribution in [3.63, 3.8) is 0 Å². The number of amidine groups is 1. The molecule has 2 heterocycles. The van der Waals surface area contributed by atoms with Crippen LogP contribution in [0.4, 0.5) is 0 Å². The summed E-state index contributed by atoms with van der Waals surface area (Å²) in [6.45, 7) is 3.87. The van der Waals surface area contributed by atoms with Crippen molar-refractivity contribution in [3.8, 4) is 0 Å². The lowest BCUT2D eigenvalue weighted by Crippen LogP contribution is -2.49. The number of nitrogens with one attached hydrogen (secondary N) is 2. The summed E-state index contributed by atoms with van der Waals surface area (Å²) >= 11 is 1.77. The van der Waals surface area contributed by atoms with Gasteiger partial charge >= 0.3 is 0 Å². The molecule has 1 saturated heterocycles. The first-order valence-corrected chi connectivity index (χ1v) is 6.43. The number of carbonyl (C=O) groups is 1. The van der Waals surface area contributed by atoms with Crippen LogP contribution in [-0.2, 0) is 4.79 Å². The lowest BCUT2D eigenvalue weighted by molar-refractivity contribution is -0.124. The summed E-state index contributed by atoms with van der Waals surface area (Å²) in [5.74, 6) is 0.115. The molecule has 4 nitrogen and oxygen atoms in total. The van der Waals surface area contributed by atoms with E-state index < -0.39 is 0 Å². The first-order valence-electron chi connectivity index (χ1n) is 5.55. The Morgan fingerprint density at radius 1 is 1.67 bits per heavy atom. The number of rotatable bonds is 2. The van der Waals surface area contributed by atoms with Crippen LogP contribution in [0.3, 0.4) is 0 Å². The van der Waals surface area contributed by atoms with Crippen LogP contribution in [0.15, 0.2) is 4.99 Å². The number of carbonyl (C=O) groups excluding carboxylic acids is 1. The van der Waals surface area contributed by atoms with Gasteiger partial charge in [0.1, 0.15) is 6.04 Å². The van der Waals surface area contributed by atoms with Crippen molar-refractivity contribution in [3.05, 3.63) is 0 Å². The van der Waals surface area contributed by atoms with E-state index in [4.69, 9.17) is 0 Å². The standard InChI is InChI=1S/C10H17N3OS/c1-2-7-6-12-10(15-7)13-8-4-3-5-11-9(8)14/h7-8H,2-6H2,1H3,(H,11,14)(H,12,13). The molecule has 1 amide bonds. The van der Waals surface area contributed by atoms with E-state index in [2.05, 4.69) is 22.5 Å². The molecule has 0 aliphatic carbocycles. The van der Waals surface area contributed by atoms with Crippen molar-refractivity contribution in [1.82, 2.24) is 10.6 Å². The Morgan fingerprint density at radius 2 is 2.53 bits per heavy atom. The van der Waals surface area contributed by atoms with E-state index in [1.54, 1.807) is 11.8 Å². The fourth-order valence-electron chi connectivity index (χ4n) is 1.77. The van der Waals surface area contributed by atoms with E-state index in [0.717, 1.165) is 37.5 Å². The molecular weight excluding hydrogens is 210 g/mol.